The molecule has 0 amide bonds. The second-order valence-electron chi connectivity index (χ2n) is 4.88. The van der Waals surface area contributed by atoms with Crippen molar-refractivity contribution in [3.05, 3.63) is 81.1 Å². The summed E-state index contributed by atoms with van der Waals surface area (Å²) in [6, 6.07) is 14.2. The van der Waals surface area contributed by atoms with Crippen molar-refractivity contribution < 1.29 is 13.4 Å². The Labute approximate surface area is 143 Å². The first kappa shape index (κ1) is 16.0. The number of halogens is 1. The number of aromatic amines is 1. The number of H-pyrrole nitrogens is 1. The molecule has 0 spiro atoms. The summed E-state index contributed by atoms with van der Waals surface area (Å²) in [5, 5.41) is 0. The van der Waals surface area contributed by atoms with E-state index in [0.717, 1.165) is 23.3 Å². The Morgan fingerprint density at radius 2 is 1.61 bits per heavy atom. The number of thiophene rings is 1. The largest absolute Gasteiger partial charge is 0.572 e. The molecule has 118 valence electrons. The topological polar surface area (TPSA) is 62.4 Å². The molecule has 0 aliphatic carbocycles. The number of sulfonamides is 1. The number of benzene rings is 1. The molecule has 0 bridgehead atoms. The van der Waals surface area contributed by atoms with E-state index in [1.165, 1.54) is 11.6 Å². The van der Waals surface area contributed by atoms with E-state index in [1.807, 2.05) is 36.7 Å². The van der Waals surface area contributed by atoms with Gasteiger partial charge in [-0.25, -0.2) is 13.4 Å². The number of nitrogens with one attached hydrogen (secondary N) is 1. The fourth-order valence-electron chi connectivity index (χ4n) is 2.07. The SMILES string of the molecule is O=S(=O)([N-]c1ccc(Cc2cc[nH+]cc2)cc1)c1ccc(Cl)s1. The third kappa shape index (κ3) is 4.10. The molecule has 1 aromatic carbocycles. The zero-order valence-corrected chi connectivity index (χ0v) is 14.3. The van der Waals surface area contributed by atoms with Gasteiger partial charge < -0.3 is 4.72 Å². The van der Waals surface area contributed by atoms with Crippen molar-refractivity contribution in [3.8, 4) is 0 Å². The van der Waals surface area contributed by atoms with Gasteiger partial charge in [-0.15, -0.1) is 17.0 Å². The lowest BCUT2D eigenvalue weighted by molar-refractivity contribution is -0.378. The molecule has 0 radical (unpaired) electrons. The second-order valence-corrected chi connectivity index (χ2v) is 8.42. The zero-order valence-electron chi connectivity index (χ0n) is 11.9. The van der Waals surface area contributed by atoms with Crippen LogP contribution < -0.4 is 4.98 Å². The molecule has 3 aromatic rings. The molecule has 3 rings (SSSR count). The number of pyridine rings is 1. The van der Waals surface area contributed by atoms with E-state index in [4.69, 9.17) is 11.6 Å². The molecule has 1 N–H and O–H groups in total. The van der Waals surface area contributed by atoms with Crippen LogP contribution in [0.2, 0.25) is 4.34 Å². The van der Waals surface area contributed by atoms with Gasteiger partial charge in [-0.05, 0) is 29.7 Å². The Balaban J connectivity index is 1.72. The number of aromatic nitrogens is 1. The molecule has 2 heterocycles. The summed E-state index contributed by atoms with van der Waals surface area (Å²) < 4.78 is 28.8. The lowest BCUT2D eigenvalue weighted by atomic mass is 10.1. The summed E-state index contributed by atoms with van der Waals surface area (Å²) in [5.41, 5.74) is 2.67. The lowest BCUT2D eigenvalue weighted by Gasteiger charge is -2.20. The smallest absolute Gasteiger partial charge is 0.167 e. The molecule has 0 aliphatic heterocycles. The maximum Gasteiger partial charge on any atom is 0.167 e. The average Bonchev–Trinajstić information content (AvgIpc) is 2.98. The van der Waals surface area contributed by atoms with Crippen molar-refractivity contribution in [1.29, 1.82) is 0 Å². The first-order chi connectivity index (χ1) is 11.0. The Kier molecular flexibility index (Phi) is 4.66. The van der Waals surface area contributed by atoms with Gasteiger partial charge in [0.15, 0.2) is 12.4 Å². The average molecular weight is 365 g/mol. The van der Waals surface area contributed by atoms with E-state index < -0.39 is 10.0 Å². The fraction of sp³-hybridized carbons (Fsp3) is 0.0625. The zero-order chi connectivity index (χ0) is 16.3. The van der Waals surface area contributed by atoms with Crippen LogP contribution >= 0.6 is 22.9 Å². The van der Waals surface area contributed by atoms with Crippen LogP contribution in [-0.4, -0.2) is 8.42 Å². The summed E-state index contributed by atoms with van der Waals surface area (Å²) in [5.74, 6) is 0. The van der Waals surface area contributed by atoms with E-state index in [9.17, 15) is 8.42 Å². The second kappa shape index (κ2) is 6.70. The van der Waals surface area contributed by atoms with Crippen LogP contribution in [0, 0.1) is 0 Å². The Morgan fingerprint density at radius 1 is 0.957 bits per heavy atom. The van der Waals surface area contributed by atoms with Crippen LogP contribution in [-0.2, 0) is 16.4 Å². The monoisotopic (exact) mass is 364 g/mol. The highest BCUT2D eigenvalue weighted by molar-refractivity contribution is 7.96. The van der Waals surface area contributed by atoms with Gasteiger partial charge >= 0.3 is 0 Å². The van der Waals surface area contributed by atoms with E-state index in [1.54, 1.807) is 18.2 Å². The van der Waals surface area contributed by atoms with Gasteiger partial charge in [0.1, 0.15) is 14.2 Å². The van der Waals surface area contributed by atoms with Crippen LogP contribution in [0.15, 0.2) is 65.1 Å². The summed E-state index contributed by atoms with van der Waals surface area (Å²) in [6.45, 7) is 0. The van der Waals surface area contributed by atoms with Crippen LogP contribution in [0.25, 0.3) is 4.72 Å². The van der Waals surface area contributed by atoms with Crippen LogP contribution in [0.3, 0.4) is 0 Å². The predicted molar refractivity (Wildman–Crippen MR) is 91.8 cm³/mol. The fourth-order valence-corrected chi connectivity index (χ4v) is 4.52. The number of nitrogens with zero attached hydrogens (tertiary/aromatic N) is 1. The minimum atomic E-state index is -3.71. The third-order valence-corrected chi connectivity index (χ3v) is 6.16. The minimum absolute atomic E-state index is 0.145. The van der Waals surface area contributed by atoms with E-state index in [-0.39, 0.29) is 4.21 Å². The molecule has 0 aliphatic rings. The van der Waals surface area contributed by atoms with Crippen molar-refractivity contribution in [2.75, 3.05) is 0 Å². The standard InChI is InChI=1S/C16H12ClN2O2S2/c17-15-5-6-16(22-15)23(20,21)19-14-3-1-12(2-4-14)11-13-7-9-18-10-8-13/h1-10H,11H2/q-1/p+1. The van der Waals surface area contributed by atoms with E-state index >= 15 is 0 Å². The summed E-state index contributed by atoms with van der Waals surface area (Å²) in [6.07, 6.45) is 4.53. The molecular formula is C16H13ClN2O2S2. The lowest BCUT2D eigenvalue weighted by Crippen LogP contribution is -1.99. The Morgan fingerprint density at radius 3 is 2.22 bits per heavy atom. The first-order valence-electron chi connectivity index (χ1n) is 6.80. The Bertz CT molecular complexity index is 891. The molecule has 2 aromatic heterocycles. The van der Waals surface area contributed by atoms with Gasteiger partial charge in [-0.3, -0.25) is 0 Å². The highest BCUT2D eigenvalue weighted by Gasteiger charge is 2.08. The van der Waals surface area contributed by atoms with Crippen molar-refractivity contribution in [2.45, 2.75) is 10.6 Å². The van der Waals surface area contributed by atoms with Crippen molar-refractivity contribution >= 4 is 38.6 Å². The maximum atomic E-state index is 12.2. The molecular weight excluding hydrogens is 352 g/mol. The maximum absolute atomic E-state index is 12.2. The van der Waals surface area contributed by atoms with Crippen LogP contribution in [0.1, 0.15) is 11.1 Å². The van der Waals surface area contributed by atoms with Crippen molar-refractivity contribution in [3.63, 3.8) is 0 Å². The van der Waals surface area contributed by atoms with Gasteiger partial charge in [-0.2, -0.15) is 0 Å². The minimum Gasteiger partial charge on any atom is -0.572 e. The first-order valence-corrected chi connectivity index (χ1v) is 9.44. The highest BCUT2D eigenvalue weighted by atomic mass is 35.5. The van der Waals surface area contributed by atoms with Gasteiger partial charge in [0.2, 0.25) is 0 Å². The van der Waals surface area contributed by atoms with Gasteiger partial charge in [0.05, 0.1) is 4.34 Å². The molecule has 7 heteroatoms. The molecule has 0 saturated carbocycles. The van der Waals surface area contributed by atoms with Crippen LogP contribution in [0.4, 0.5) is 5.69 Å². The highest BCUT2D eigenvalue weighted by Crippen LogP contribution is 2.33. The Hall–Kier alpha value is -1.89. The summed E-state index contributed by atoms with van der Waals surface area (Å²) in [4.78, 5) is 2.98. The predicted octanol–water partition coefficient (Wildman–Crippen LogP) is 4.20. The van der Waals surface area contributed by atoms with Crippen molar-refractivity contribution in [2.24, 2.45) is 0 Å². The summed E-state index contributed by atoms with van der Waals surface area (Å²) >= 11 is 6.78. The number of hydrogen-bond acceptors (Lipinski definition) is 3. The van der Waals surface area contributed by atoms with Crippen LogP contribution in [0.5, 0.6) is 0 Å². The molecule has 23 heavy (non-hydrogen) atoms. The third-order valence-electron chi connectivity index (χ3n) is 3.16. The van der Waals surface area contributed by atoms with E-state index in [2.05, 4.69) is 9.71 Å². The normalized spacial score (nSPS) is 11.3. The molecule has 0 fully saturated rings. The molecule has 0 atom stereocenters. The number of hydrogen-bond donors (Lipinski definition) is 0. The van der Waals surface area contributed by atoms with Crippen molar-refractivity contribution in [1.82, 2.24) is 0 Å². The molecule has 4 nitrogen and oxygen atoms in total. The number of rotatable bonds is 5. The van der Waals surface area contributed by atoms with Gasteiger partial charge in [0.25, 0.3) is 0 Å². The molecule has 0 unspecified atom stereocenters. The van der Waals surface area contributed by atoms with E-state index in [0.29, 0.717) is 10.0 Å². The van der Waals surface area contributed by atoms with Gasteiger partial charge in [0, 0.05) is 12.1 Å². The van der Waals surface area contributed by atoms with Gasteiger partial charge in [-0.1, -0.05) is 35.9 Å². The summed E-state index contributed by atoms with van der Waals surface area (Å²) in [7, 11) is -3.71. The quantitative estimate of drug-likeness (QED) is 0.681. The molecule has 0 saturated heterocycles.